The first-order valence-corrected chi connectivity index (χ1v) is 7.23. The Balaban J connectivity index is 1.97. The lowest BCUT2D eigenvalue weighted by Crippen LogP contribution is -2.53. The molecule has 102 valence electrons. The van der Waals surface area contributed by atoms with Crippen LogP contribution in [0.15, 0.2) is 30.3 Å². The van der Waals surface area contributed by atoms with Gasteiger partial charge in [-0.05, 0) is 31.7 Å². The van der Waals surface area contributed by atoms with Crippen molar-refractivity contribution in [1.82, 2.24) is 4.90 Å². The van der Waals surface area contributed by atoms with Crippen molar-refractivity contribution in [1.29, 1.82) is 0 Å². The number of hydrogen-bond acceptors (Lipinski definition) is 2. The minimum absolute atomic E-state index is 0.00296. The van der Waals surface area contributed by atoms with E-state index in [9.17, 15) is 4.79 Å². The SMILES string of the molecule is CC[C@]12CCCC(=O)N1[C@H](C)[C@H](c1ccccc1)O2. The number of carbonyl (C=O) groups is 1. The van der Waals surface area contributed by atoms with Crippen LogP contribution in [0, 0.1) is 0 Å². The van der Waals surface area contributed by atoms with Crippen LogP contribution < -0.4 is 0 Å². The number of ether oxygens (including phenoxy) is 1. The van der Waals surface area contributed by atoms with Gasteiger partial charge >= 0.3 is 0 Å². The van der Waals surface area contributed by atoms with E-state index < -0.39 is 0 Å². The van der Waals surface area contributed by atoms with Gasteiger partial charge in [0, 0.05) is 6.42 Å². The summed E-state index contributed by atoms with van der Waals surface area (Å²) < 4.78 is 6.38. The highest BCUT2D eigenvalue weighted by Crippen LogP contribution is 2.47. The fraction of sp³-hybridized carbons (Fsp3) is 0.562. The number of fused-ring (bicyclic) bond motifs is 1. The summed E-state index contributed by atoms with van der Waals surface area (Å²) in [6.45, 7) is 4.23. The Bertz CT molecular complexity index is 473. The van der Waals surface area contributed by atoms with Crippen molar-refractivity contribution in [2.45, 2.75) is 57.4 Å². The van der Waals surface area contributed by atoms with Crippen LogP contribution in [0.5, 0.6) is 0 Å². The highest BCUT2D eigenvalue weighted by molar-refractivity contribution is 5.78. The van der Waals surface area contributed by atoms with Gasteiger partial charge in [-0.2, -0.15) is 0 Å². The summed E-state index contributed by atoms with van der Waals surface area (Å²) in [5.74, 6) is 0.249. The molecule has 2 saturated heterocycles. The van der Waals surface area contributed by atoms with Gasteiger partial charge in [0.2, 0.25) is 5.91 Å². The fourth-order valence-corrected chi connectivity index (χ4v) is 3.59. The minimum Gasteiger partial charge on any atom is -0.346 e. The van der Waals surface area contributed by atoms with Gasteiger partial charge in [0.1, 0.15) is 11.8 Å². The Morgan fingerprint density at radius 1 is 1.37 bits per heavy atom. The van der Waals surface area contributed by atoms with Crippen LogP contribution >= 0.6 is 0 Å². The normalized spacial score (nSPS) is 34.4. The monoisotopic (exact) mass is 259 g/mol. The quantitative estimate of drug-likeness (QED) is 0.816. The molecule has 2 fully saturated rings. The second kappa shape index (κ2) is 4.64. The van der Waals surface area contributed by atoms with Crippen molar-refractivity contribution < 1.29 is 9.53 Å². The van der Waals surface area contributed by atoms with Crippen LogP contribution in [0.25, 0.3) is 0 Å². The van der Waals surface area contributed by atoms with Crippen LogP contribution in [-0.2, 0) is 9.53 Å². The number of nitrogens with zero attached hydrogens (tertiary/aromatic N) is 1. The van der Waals surface area contributed by atoms with Crippen LogP contribution in [-0.4, -0.2) is 22.6 Å². The molecule has 2 heterocycles. The lowest BCUT2D eigenvalue weighted by molar-refractivity contribution is -0.164. The van der Waals surface area contributed by atoms with Crippen LogP contribution in [0.4, 0.5) is 0 Å². The first-order valence-electron chi connectivity index (χ1n) is 7.23. The predicted molar refractivity (Wildman–Crippen MR) is 73.4 cm³/mol. The van der Waals surface area contributed by atoms with E-state index in [0.717, 1.165) is 19.3 Å². The molecule has 2 aliphatic heterocycles. The molecular weight excluding hydrogens is 238 g/mol. The maximum absolute atomic E-state index is 12.3. The third-order valence-corrected chi connectivity index (χ3v) is 4.54. The lowest BCUT2D eigenvalue weighted by Gasteiger charge is -2.41. The smallest absolute Gasteiger partial charge is 0.225 e. The van der Waals surface area contributed by atoms with Gasteiger partial charge in [0.15, 0.2) is 0 Å². The molecule has 3 heteroatoms. The molecule has 1 amide bonds. The van der Waals surface area contributed by atoms with Gasteiger partial charge in [0.05, 0.1) is 6.04 Å². The summed E-state index contributed by atoms with van der Waals surface area (Å²) in [4.78, 5) is 14.3. The molecule has 0 bridgehead atoms. The number of benzene rings is 1. The van der Waals surface area contributed by atoms with E-state index in [1.165, 1.54) is 5.56 Å². The average molecular weight is 259 g/mol. The molecule has 0 unspecified atom stereocenters. The third kappa shape index (κ3) is 1.88. The van der Waals surface area contributed by atoms with Crippen molar-refractivity contribution in [3.8, 4) is 0 Å². The molecule has 0 saturated carbocycles. The highest BCUT2D eigenvalue weighted by atomic mass is 16.5. The predicted octanol–water partition coefficient (Wildman–Crippen LogP) is 3.27. The lowest BCUT2D eigenvalue weighted by atomic mass is 9.94. The third-order valence-electron chi connectivity index (χ3n) is 4.54. The number of amides is 1. The second-order valence-electron chi connectivity index (χ2n) is 5.61. The summed E-state index contributed by atoms with van der Waals surface area (Å²) in [5.41, 5.74) is 0.806. The topological polar surface area (TPSA) is 29.5 Å². The van der Waals surface area contributed by atoms with Gasteiger partial charge in [-0.15, -0.1) is 0 Å². The average Bonchev–Trinajstić information content (AvgIpc) is 2.75. The van der Waals surface area contributed by atoms with E-state index in [2.05, 4.69) is 26.0 Å². The number of piperidine rings is 1. The molecule has 1 aromatic rings. The zero-order valence-corrected chi connectivity index (χ0v) is 11.6. The first-order chi connectivity index (χ1) is 9.18. The zero-order valence-electron chi connectivity index (χ0n) is 11.6. The Labute approximate surface area is 114 Å². The molecule has 2 aliphatic rings. The summed E-state index contributed by atoms with van der Waals surface area (Å²) in [5, 5.41) is 0. The van der Waals surface area contributed by atoms with Crippen molar-refractivity contribution >= 4 is 5.91 Å². The second-order valence-corrected chi connectivity index (χ2v) is 5.61. The van der Waals surface area contributed by atoms with E-state index >= 15 is 0 Å². The van der Waals surface area contributed by atoms with E-state index in [4.69, 9.17) is 4.74 Å². The van der Waals surface area contributed by atoms with E-state index in [1.807, 2.05) is 23.1 Å². The Morgan fingerprint density at radius 2 is 2.11 bits per heavy atom. The summed E-state index contributed by atoms with van der Waals surface area (Å²) >= 11 is 0. The molecule has 3 atom stereocenters. The number of rotatable bonds is 2. The molecule has 3 nitrogen and oxygen atoms in total. The molecule has 0 N–H and O–H groups in total. The Kier molecular flexibility index (Phi) is 3.09. The van der Waals surface area contributed by atoms with E-state index in [0.29, 0.717) is 6.42 Å². The molecule has 3 rings (SSSR count). The maximum Gasteiger partial charge on any atom is 0.225 e. The molecule has 0 aliphatic carbocycles. The van der Waals surface area contributed by atoms with Gasteiger partial charge in [0.25, 0.3) is 0 Å². The summed E-state index contributed by atoms with van der Waals surface area (Å²) in [6.07, 6.45) is 3.44. The minimum atomic E-state index is -0.366. The standard InChI is InChI=1S/C16H21NO2/c1-3-16-11-7-10-14(18)17(16)12(2)15(19-16)13-8-5-4-6-9-13/h4-6,8-9,12,15H,3,7,10-11H2,1-2H3/t12-,15-,16+/m1/s1. The Hall–Kier alpha value is -1.35. The van der Waals surface area contributed by atoms with Crippen molar-refractivity contribution in [3.63, 3.8) is 0 Å². The first kappa shape index (κ1) is 12.7. The van der Waals surface area contributed by atoms with Crippen LogP contribution in [0.3, 0.4) is 0 Å². The molecule has 1 aromatic carbocycles. The van der Waals surface area contributed by atoms with Gasteiger partial charge in [-0.25, -0.2) is 0 Å². The molecular formula is C16H21NO2. The largest absolute Gasteiger partial charge is 0.346 e. The van der Waals surface area contributed by atoms with Gasteiger partial charge in [-0.1, -0.05) is 37.3 Å². The van der Waals surface area contributed by atoms with Crippen molar-refractivity contribution in [2.75, 3.05) is 0 Å². The van der Waals surface area contributed by atoms with Crippen molar-refractivity contribution in [2.24, 2.45) is 0 Å². The van der Waals surface area contributed by atoms with Gasteiger partial charge < -0.3 is 9.64 Å². The van der Waals surface area contributed by atoms with E-state index in [-0.39, 0.29) is 23.8 Å². The fourth-order valence-electron chi connectivity index (χ4n) is 3.59. The van der Waals surface area contributed by atoms with Crippen LogP contribution in [0.1, 0.15) is 51.2 Å². The zero-order chi connectivity index (χ0) is 13.5. The molecule has 0 radical (unpaired) electrons. The molecule has 0 spiro atoms. The maximum atomic E-state index is 12.3. The molecule has 19 heavy (non-hydrogen) atoms. The van der Waals surface area contributed by atoms with E-state index in [1.54, 1.807) is 0 Å². The molecule has 0 aromatic heterocycles. The highest BCUT2D eigenvalue weighted by Gasteiger charge is 2.53. The van der Waals surface area contributed by atoms with Gasteiger partial charge in [-0.3, -0.25) is 4.79 Å². The van der Waals surface area contributed by atoms with Crippen molar-refractivity contribution in [3.05, 3.63) is 35.9 Å². The summed E-state index contributed by atoms with van der Waals surface area (Å²) in [7, 11) is 0. The van der Waals surface area contributed by atoms with Crippen LogP contribution in [0.2, 0.25) is 0 Å². The number of carbonyl (C=O) groups excluding carboxylic acids is 1. The Morgan fingerprint density at radius 3 is 2.74 bits per heavy atom. The summed E-state index contributed by atoms with van der Waals surface area (Å²) in [6, 6.07) is 10.4. The number of hydrogen-bond donors (Lipinski definition) is 0.